The van der Waals surface area contributed by atoms with Gasteiger partial charge in [0.2, 0.25) is 0 Å². The minimum atomic E-state index is -0.839. The van der Waals surface area contributed by atoms with Crippen LogP contribution >= 0.6 is 27.3 Å². The van der Waals surface area contributed by atoms with Gasteiger partial charge in [0.25, 0.3) is 0 Å². The molecule has 1 aromatic heterocycles. The van der Waals surface area contributed by atoms with E-state index >= 15 is 0 Å². The molecule has 3 aromatic carbocycles. The highest BCUT2D eigenvalue weighted by molar-refractivity contribution is 9.10. The number of carbonyl (C=O) groups is 1. The highest BCUT2D eigenvalue weighted by Crippen LogP contribution is 2.30. The van der Waals surface area contributed by atoms with Crippen molar-refractivity contribution < 1.29 is 4.79 Å². The lowest BCUT2D eigenvalue weighted by molar-refractivity contribution is -0.121. The van der Waals surface area contributed by atoms with Crippen molar-refractivity contribution in [2.24, 2.45) is 0 Å². The Balaban J connectivity index is 1.23. The normalized spacial score (nSPS) is 15.4. The first-order chi connectivity index (χ1) is 18.1. The lowest BCUT2D eigenvalue weighted by Crippen LogP contribution is -2.49. The van der Waals surface area contributed by atoms with Crippen LogP contribution in [0.4, 0.5) is 0 Å². The van der Waals surface area contributed by atoms with Crippen molar-refractivity contribution in [2.45, 2.75) is 12.0 Å². The molecule has 0 N–H and O–H groups in total. The molecule has 0 spiro atoms. The first kappa shape index (κ1) is 25.5. The second-order valence-corrected chi connectivity index (χ2v) is 10.9. The van der Waals surface area contributed by atoms with Crippen molar-refractivity contribution in [1.29, 1.82) is 5.26 Å². The number of nitriles is 1. The van der Waals surface area contributed by atoms with Gasteiger partial charge in [-0.15, -0.1) is 11.3 Å². The summed E-state index contributed by atoms with van der Waals surface area (Å²) in [5.74, 6) is -0.927. The van der Waals surface area contributed by atoms with Gasteiger partial charge < -0.3 is 0 Å². The first-order valence-corrected chi connectivity index (χ1v) is 14.0. The van der Waals surface area contributed by atoms with Gasteiger partial charge in [-0.05, 0) is 23.3 Å². The van der Waals surface area contributed by atoms with E-state index in [4.69, 9.17) is 0 Å². The van der Waals surface area contributed by atoms with Crippen molar-refractivity contribution in [3.63, 3.8) is 0 Å². The van der Waals surface area contributed by atoms with E-state index in [2.05, 4.69) is 85.3 Å². The number of halogens is 1. The molecule has 4 aromatic rings. The summed E-state index contributed by atoms with van der Waals surface area (Å²) in [4.78, 5) is 22.5. The second kappa shape index (κ2) is 11.9. The number of thiazole rings is 1. The molecule has 5 nitrogen and oxygen atoms in total. The molecule has 37 heavy (non-hydrogen) atoms. The predicted octanol–water partition coefficient (Wildman–Crippen LogP) is 6.16. The monoisotopic (exact) mass is 570 g/mol. The fraction of sp³-hybridized carbons (Fsp3) is 0.233. The molecule has 2 heterocycles. The number of nitrogens with zero attached hydrogens (tertiary/aromatic N) is 4. The van der Waals surface area contributed by atoms with Crippen LogP contribution in [-0.4, -0.2) is 53.3 Å². The molecule has 1 fully saturated rings. The van der Waals surface area contributed by atoms with E-state index in [1.165, 1.54) is 22.5 Å². The molecule has 7 heteroatoms. The fourth-order valence-electron chi connectivity index (χ4n) is 4.81. The lowest BCUT2D eigenvalue weighted by Gasteiger charge is -2.39. The molecular weight excluding hydrogens is 544 g/mol. The molecule has 1 aliphatic heterocycles. The van der Waals surface area contributed by atoms with Crippen LogP contribution in [0.3, 0.4) is 0 Å². The molecule has 5 rings (SSSR count). The largest absolute Gasteiger partial charge is 0.296 e. The zero-order chi connectivity index (χ0) is 25.6. The Morgan fingerprint density at radius 3 is 2.08 bits per heavy atom. The summed E-state index contributed by atoms with van der Waals surface area (Å²) < 4.78 is 0.996. The lowest BCUT2D eigenvalue weighted by atomic mass is 9.96. The number of piperazine rings is 1. The number of Topliss-reactive ketones (excluding diaryl/α,β-unsaturated/α-hetero) is 1. The van der Waals surface area contributed by atoms with E-state index in [1.807, 2.05) is 41.8 Å². The number of ketones is 1. The highest BCUT2D eigenvalue weighted by Gasteiger charge is 2.30. The molecule has 0 aliphatic carbocycles. The van der Waals surface area contributed by atoms with Gasteiger partial charge in [-0.2, -0.15) is 5.26 Å². The molecular formula is C30H27BrN4OS. The fourth-order valence-corrected chi connectivity index (χ4v) is 5.97. The Hall–Kier alpha value is -3.15. The molecule has 0 bridgehead atoms. The van der Waals surface area contributed by atoms with E-state index < -0.39 is 5.92 Å². The van der Waals surface area contributed by atoms with E-state index in [0.717, 1.165) is 41.9 Å². The van der Waals surface area contributed by atoms with Gasteiger partial charge in [0.1, 0.15) is 5.01 Å². The topological polar surface area (TPSA) is 60.2 Å². The van der Waals surface area contributed by atoms with Crippen LogP contribution in [-0.2, 0) is 4.79 Å². The highest BCUT2D eigenvalue weighted by atomic mass is 79.9. The SMILES string of the molecule is N#CC(C(=O)CN1CCN(C(c2ccccc2)c2ccccc2)CC1)c1nc(-c2ccc(Br)cc2)cs1. The third-order valence-corrected chi connectivity index (χ3v) is 8.18. The molecule has 0 radical (unpaired) electrons. The predicted molar refractivity (Wildman–Crippen MR) is 151 cm³/mol. The number of hydrogen-bond acceptors (Lipinski definition) is 6. The van der Waals surface area contributed by atoms with Crippen LogP contribution in [0, 0.1) is 11.3 Å². The maximum absolute atomic E-state index is 13.2. The Labute approximate surface area is 230 Å². The summed E-state index contributed by atoms with van der Waals surface area (Å²) in [7, 11) is 0. The van der Waals surface area contributed by atoms with Crippen LogP contribution < -0.4 is 0 Å². The Bertz CT molecular complexity index is 1320. The van der Waals surface area contributed by atoms with E-state index in [9.17, 15) is 10.1 Å². The van der Waals surface area contributed by atoms with Crippen molar-refractivity contribution in [3.05, 3.63) is 111 Å². The van der Waals surface area contributed by atoms with Gasteiger partial charge in [-0.1, -0.05) is 88.7 Å². The van der Waals surface area contributed by atoms with Crippen LogP contribution in [0.2, 0.25) is 0 Å². The van der Waals surface area contributed by atoms with Crippen LogP contribution in [0.15, 0.2) is 94.8 Å². The molecule has 186 valence electrons. The standard InChI is InChI=1S/C30H27BrN4OS/c31-25-13-11-22(12-14-25)27-21-37-30(33-27)26(19-32)28(36)20-34-15-17-35(18-16-34)29(23-7-3-1-4-8-23)24-9-5-2-6-10-24/h1-14,21,26,29H,15-18,20H2. The molecule has 1 unspecified atom stereocenters. The number of hydrogen-bond donors (Lipinski definition) is 0. The summed E-state index contributed by atoms with van der Waals surface area (Å²) >= 11 is 4.82. The molecule has 1 saturated heterocycles. The number of aromatic nitrogens is 1. The second-order valence-electron chi connectivity index (χ2n) is 9.14. The van der Waals surface area contributed by atoms with Gasteiger partial charge in [0, 0.05) is 41.6 Å². The Morgan fingerprint density at radius 1 is 0.919 bits per heavy atom. The molecule has 0 amide bonds. The average Bonchev–Trinajstić information content (AvgIpc) is 3.42. The Morgan fingerprint density at radius 2 is 1.51 bits per heavy atom. The van der Waals surface area contributed by atoms with Crippen molar-refractivity contribution >= 4 is 33.0 Å². The summed E-state index contributed by atoms with van der Waals surface area (Å²) in [6.07, 6.45) is 0. The smallest absolute Gasteiger partial charge is 0.170 e. The average molecular weight is 572 g/mol. The number of rotatable bonds is 8. The van der Waals surface area contributed by atoms with Gasteiger partial charge in [-0.3, -0.25) is 14.6 Å². The van der Waals surface area contributed by atoms with Gasteiger partial charge >= 0.3 is 0 Å². The summed E-state index contributed by atoms with van der Waals surface area (Å²) in [5, 5.41) is 12.3. The summed E-state index contributed by atoms with van der Waals surface area (Å²) in [6, 6.07) is 31.4. The Kier molecular flexibility index (Phi) is 8.22. The third-order valence-electron chi connectivity index (χ3n) is 6.74. The first-order valence-electron chi connectivity index (χ1n) is 12.3. The summed E-state index contributed by atoms with van der Waals surface area (Å²) in [6.45, 7) is 3.53. The molecule has 1 aliphatic rings. The van der Waals surface area contributed by atoms with Crippen molar-refractivity contribution in [1.82, 2.24) is 14.8 Å². The van der Waals surface area contributed by atoms with Crippen LogP contribution in [0.5, 0.6) is 0 Å². The maximum Gasteiger partial charge on any atom is 0.170 e. The zero-order valence-electron chi connectivity index (χ0n) is 20.3. The van der Waals surface area contributed by atoms with Gasteiger partial charge in [0.05, 0.1) is 24.3 Å². The minimum absolute atomic E-state index is 0.0877. The van der Waals surface area contributed by atoms with Gasteiger partial charge in [0.15, 0.2) is 11.7 Å². The van der Waals surface area contributed by atoms with Crippen molar-refractivity contribution in [3.8, 4) is 17.3 Å². The third kappa shape index (κ3) is 6.06. The quantitative estimate of drug-likeness (QED) is 0.254. The summed E-state index contributed by atoms with van der Waals surface area (Å²) in [5.41, 5.74) is 4.31. The molecule has 0 saturated carbocycles. The zero-order valence-corrected chi connectivity index (χ0v) is 22.7. The van der Waals surface area contributed by atoms with Gasteiger partial charge in [-0.25, -0.2) is 4.98 Å². The number of carbonyl (C=O) groups excluding carboxylic acids is 1. The number of benzene rings is 3. The van der Waals surface area contributed by atoms with Crippen LogP contribution in [0.25, 0.3) is 11.3 Å². The van der Waals surface area contributed by atoms with Crippen LogP contribution in [0.1, 0.15) is 28.1 Å². The minimum Gasteiger partial charge on any atom is -0.296 e. The van der Waals surface area contributed by atoms with E-state index in [1.54, 1.807) is 0 Å². The van der Waals surface area contributed by atoms with Crippen molar-refractivity contribution in [2.75, 3.05) is 32.7 Å². The molecule has 1 atom stereocenters. The van der Waals surface area contributed by atoms with E-state index in [0.29, 0.717) is 5.01 Å². The maximum atomic E-state index is 13.2. The van der Waals surface area contributed by atoms with E-state index in [-0.39, 0.29) is 18.4 Å².